The molecule has 0 bridgehead atoms. The van der Waals surface area contributed by atoms with Crippen LogP contribution in [-0.4, -0.2) is 33.9 Å². The zero-order chi connectivity index (χ0) is 18.8. The Labute approximate surface area is 158 Å². The Balaban J connectivity index is 1.46. The number of aromatic nitrogens is 2. The molecule has 5 heteroatoms. The molecule has 0 atom stereocenters. The smallest absolute Gasteiger partial charge is 0.253 e. The summed E-state index contributed by atoms with van der Waals surface area (Å²) in [6.07, 6.45) is 6.75. The molecule has 140 valence electrons. The van der Waals surface area contributed by atoms with Crippen LogP contribution >= 0.6 is 0 Å². The van der Waals surface area contributed by atoms with E-state index in [1.54, 1.807) is 6.20 Å². The first kappa shape index (κ1) is 17.7. The number of pyridine rings is 1. The Morgan fingerprint density at radius 3 is 2.67 bits per heavy atom. The third-order valence-corrected chi connectivity index (χ3v) is 5.51. The monoisotopic (exact) mass is 365 g/mol. The number of aryl methyl sites for hydroxylation is 1. The SMILES string of the molecule is CCCc1ccc(C(=O)N2CCC(c3c(F)cnc4[nH]ccc34)CC2)cc1. The lowest BCUT2D eigenvalue weighted by Crippen LogP contribution is -2.38. The lowest BCUT2D eigenvalue weighted by Gasteiger charge is -2.32. The van der Waals surface area contributed by atoms with E-state index in [2.05, 4.69) is 16.9 Å². The Morgan fingerprint density at radius 2 is 1.96 bits per heavy atom. The molecule has 1 aliphatic rings. The minimum absolute atomic E-state index is 0.0680. The fraction of sp³-hybridized carbons (Fsp3) is 0.364. The van der Waals surface area contributed by atoms with Crippen molar-refractivity contribution in [1.82, 2.24) is 14.9 Å². The number of nitrogens with one attached hydrogen (secondary N) is 1. The number of fused-ring (bicyclic) bond motifs is 1. The number of H-pyrrole nitrogens is 1. The van der Waals surface area contributed by atoms with Crippen LogP contribution in [0.1, 0.15) is 53.6 Å². The number of halogens is 1. The van der Waals surface area contributed by atoms with E-state index in [9.17, 15) is 9.18 Å². The summed E-state index contributed by atoms with van der Waals surface area (Å²) in [6, 6.07) is 9.81. The second-order valence-electron chi connectivity index (χ2n) is 7.27. The van der Waals surface area contributed by atoms with Gasteiger partial charge in [0.1, 0.15) is 11.5 Å². The van der Waals surface area contributed by atoms with Gasteiger partial charge in [-0.15, -0.1) is 0 Å². The third-order valence-electron chi connectivity index (χ3n) is 5.51. The first-order chi connectivity index (χ1) is 13.2. The van der Waals surface area contributed by atoms with E-state index < -0.39 is 0 Å². The summed E-state index contributed by atoms with van der Waals surface area (Å²) in [7, 11) is 0. The molecule has 2 aromatic heterocycles. The standard InChI is InChI=1S/C22H24FN3O/c1-2-3-15-4-6-17(7-5-15)22(27)26-12-9-16(10-13-26)20-18-8-11-24-21(18)25-14-19(20)23/h4-8,11,14,16H,2-3,9-10,12-13H2,1H3,(H,24,25). The van der Waals surface area contributed by atoms with Gasteiger partial charge in [-0.25, -0.2) is 9.37 Å². The molecule has 0 saturated carbocycles. The Morgan fingerprint density at radius 1 is 1.22 bits per heavy atom. The highest BCUT2D eigenvalue weighted by Crippen LogP contribution is 2.34. The van der Waals surface area contributed by atoms with Crippen LogP contribution in [0.4, 0.5) is 4.39 Å². The topological polar surface area (TPSA) is 49.0 Å². The quantitative estimate of drug-likeness (QED) is 0.730. The average Bonchev–Trinajstić information content (AvgIpc) is 3.17. The van der Waals surface area contributed by atoms with Gasteiger partial charge in [0, 0.05) is 35.8 Å². The van der Waals surface area contributed by atoms with Crippen LogP contribution in [0.25, 0.3) is 11.0 Å². The largest absolute Gasteiger partial charge is 0.346 e. The number of carbonyl (C=O) groups is 1. The van der Waals surface area contributed by atoms with Crippen molar-refractivity contribution in [2.24, 2.45) is 0 Å². The minimum Gasteiger partial charge on any atom is -0.346 e. The number of nitrogens with zero attached hydrogens (tertiary/aromatic N) is 2. The Hall–Kier alpha value is -2.69. The summed E-state index contributed by atoms with van der Waals surface area (Å²) in [5, 5.41) is 0.853. The molecule has 1 aliphatic heterocycles. The number of benzene rings is 1. The summed E-state index contributed by atoms with van der Waals surface area (Å²) in [5.74, 6) is -0.0702. The van der Waals surface area contributed by atoms with Gasteiger partial charge in [-0.2, -0.15) is 0 Å². The van der Waals surface area contributed by atoms with Crippen molar-refractivity contribution in [2.45, 2.75) is 38.5 Å². The van der Waals surface area contributed by atoms with Gasteiger partial charge < -0.3 is 9.88 Å². The van der Waals surface area contributed by atoms with Crippen molar-refractivity contribution in [3.05, 3.63) is 65.2 Å². The van der Waals surface area contributed by atoms with E-state index in [1.807, 2.05) is 35.2 Å². The van der Waals surface area contributed by atoms with Crippen LogP contribution in [0.3, 0.4) is 0 Å². The number of rotatable bonds is 4. The summed E-state index contributed by atoms with van der Waals surface area (Å²) < 4.78 is 14.4. The van der Waals surface area contributed by atoms with Crippen LogP contribution in [0.15, 0.2) is 42.7 Å². The van der Waals surface area contributed by atoms with Crippen LogP contribution in [0, 0.1) is 5.82 Å². The molecule has 4 nitrogen and oxygen atoms in total. The van der Waals surface area contributed by atoms with Crippen molar-refractivity contribution < 1.29 is 9.18 Å². The number of hydrogen-bond acceptors (Lipinski definition) is 2. The van der Waals surface area contributed by atoms with Gasteiger partial charge in [-0.3, -0.25) is 4.79 Å². The van der Waals surface area contributed by atoms with Gasteiger partial charge in [0.25, 0.3) is 5.91 Å². The van der Waals surface area contributed by atoms with Crippen molar-refractivity contribution in [2.75, 3.05) is 13.1 Å². The highest BCUT2D eigenvalue weighted by molar-refractivity contribution is 5.94. The molecule has 1 aromatic carbocycles. The molecule has 1 saturated heterocycles. The predicted molar refractivity (Wildman–Crippen MR) is 104 cm³/mol. The minimum atomic E-state index is -0.251. The molecule has 1 N–H and O–H groups in total. The molecule has 0 spiro atoms. The van der Waals surface area contributed by atoms with E-state index in [-0.39, 0.29) is 17.6 Å². The predicted octanol–water partition coefficient (Wildman–Crippen LogP) is 4.67. The number of piperidine rings is 1. The molecular weight excluding hydrogens is 341 g/mol. The molecule has 3 aromatic rings. The maximum Gasteiger partial charge on any atom is 0.253 e. The van der Waals surface area contributed by atoms with Crippen molar-refractivity contribution in [3.63, 3.8) is 0 Å². The summed E-state index contributed by atoms with van der Waals surface area (Å²) in [5.41, 5.74) is 3.45. The number of amides is 1. The van der Waals surface area contributed by atoms with E-state index in [4.69, 9.17) is 0 Å². The first-order valence-corrected chi connectivity index (χ1v) is 9.67. The maximum absolute atomic E-state index is 14.4. The van der Waals surface area contributed by atoms with Crippen molar-refractivity contribution in [1.29, 1.82) is 0 Å². The van der Waals surface area contributed by atoms with Crippen LogP contribution < -0.4 is 0 Å². The second kappa shape index (κ2) is 7.51. The van der Waals surface area contributed by atoms with Gasteiger partial charge >= 0.3 is 0 Å². The van der Waals surface area contributed by atoms with Crippen LogP contribution in [-0.2, 0) is 6.42 Å². The molecule has 0 aliphatic carbocycles. The first-order valence-electron chi connectivity index (χ1n) is 9.67. The number of aromatic amines is 1. The molecule has 3 heterocycles. The Kier molecular flexibility index (Phi) is 4.92. The van der Waals surface area contributed by atoms with Gasteiger partial charge in [-0.1, -0.05) is 25.5 Å². The normalized spacial score (nSPS) is 15.4. The summed E-state index contributed by atoms with van der Waals surface area (Å²) >= 11 is 0. The molecule has 27 heavy (non-hydrogen) atoms. The number of carbonyl (C=O) groups excluding carboxylic acids is 1. The molecule has 4 rings (SSSR count). The third kappa shape index (κ3) is 3.46. The average molecular weight is 365 g/mol. The van der Waals surface area contributed by atoms with Gasteiger partial charge in [0.15, 0.2) is 0 Å². The zero-order valence-electron chi connectivity index (χ0n) is 15.5. The fourth-order valence-corrected chi connectivity index (χ4v) is 4.08. The highest BCUT2D eigenvalue weighted by atomic mass is 19.1. The zero-order valence-corrected chi connectivity index (χ0v) is 15.5. The number of likely N-dealkylation sites (tertiary alicyclic amines) is 1. The van der Waals surface area contributed by atoms with Gasteiger partial charge in [-0.05, 0) is 48.9 Å². The lowest BCUT2D eigenvalue weighted by molar-refractivity contribution is 0.0712. The Bertz CT molecular complexity index is 940. The van der Waals surface area contributed by atoms with Crippen molar-refractivity contribution in [3.8, 4) is 0 Å². The number of hydrogen-bond donors (Lipinski definition) is 1. The fourth-order valence-electron chi connectivity index (χ4n) is 4.08. The van der Waals surface area contributed by atoms with Crippen molar-refractivity contribution >= 4 is 16.9 Å². The van der Waals surface area contributed by atoms with E-state index in [0.717, 1.165) is 47.8 Å². The molecular formula is C22H24FN3O. The molecule has 0 radical (unpaired) electrons. The molecule has 1 fully saturated rings. The van der Waals surface area contributed by atoms with Crippen LogP contribution in [0.5, 0.6) is 0 Å². The van der Waals surface area contributed by atoms with Crippen LogP contribution in [0.2, 0.25) is 0 Å². The van der Waals surface area contributed by atoms with E-state index in [1.165, 1.54) is 11.8 Å². The van der Waals surface area contributed by atoms with Gasteiger partial charge in [0.05, 0.1) is 6.20 Å². The maximum atomic E-state index is 14.4. The van der Waals surface area contributed by atoms with E-state index in [0.29, 0.717) is 13.1 Å². The van der Waals surface area contributed by atoms with Gasteiger partial charge in [0.2, 0.25) is 0 Å². The van der Waals surface area contributed by atoms with E-state index >= 15 is 0 Å². The summed E-state index contributed by atoms with van der Waals surface area (Å²) in [4.78, 5) is 21.8. The molecule has 0 unspecified atom stereocenters. The molecule has 1 amide bonds. The lowest BCUT2D eigenvalue weighted by atomic mass is 9.87. The highest BCUT2D eigenvalue weighted by Gasteiger charge is 2.27. The summed E-state index contributed by atoms with van der Waals surface area (Å²) in [6.45, 7) is 3.44. The second-order valence-corrected chi connectivity index (χ2v) is 7.27.